The fourth-order valence-corrected chi connectivity index (χ4v) is 5.57. The lowest BCUT2D eigenvalue weighted by Crippen LogP contribution is -2.53. The molecule has 1 fully saturated rings. The van der Waals surface area contributed by atoms with Crippen LogP contribution in [-0.4, -0.2) is 57.0 Å². The summed E-state index contributed by atoms with van der Waals surface area (Å²) < 4.78 is 33.5. The number of amides is 2. The van der Waals surface area contributed by atoms with Gasteiger partial charge in [-0.1, -0.05) is 42.5 Å². The van der Waals surface area contributed by atoms with Crippen molar-refractivity contribution in [3.8, 4) is 0 Å². The Balaban J connectivity index is 1.53. The Kier molecular flexibility index (Phi) is 8.60. The van der Waals surface area contributed by atoms with E-state index in [9.17, 15) is 18.0 Å². The Morgan fingerprint density at radius 1 is 1.06 bits per heavy atom. The van der Waals surface area contributed by atoms with Crippen LogP contribution in [0.25, 0.3) is 0 Å². The van der Waals surface area contributed by atoms with Gasteiger partial charge in [-0.25, -0.2) is 8.42 Å². The maximum absolute atomic E-state index is 13.3. The SMILES string of the molecule is Cc1ccc(C)c(S(=O)(=O)N2CCCO[C@@H]2CNC(=O)C(=O)NCCCc2ccccc2)c1. The smallest absolute Gasteiger partial charge is 0.309 e. The lowest BCUT2D eigenvalue weighted by molar-refractivity contribution is -0.140. The summed E-state index contributed by atoms with van der Waals surface area (Å²) in [6.07, 6.45) is 1.18. The molecule has 0 aromatic heterocycles. The third kappa shape index (κ3) is 6.63. The molecule has 0 spiro atoms. The van der Waals surface area contributed by atoms with Crippen LogP contribution in [0.1, 0.15) is 29.5 Å². The number of nitrogens with zero attached hydrogens (tertiary/aromatic N) is 1. The van der Waals surface area contributed by atoms with Gasteiger partial charge in [0.2, 0.25) is 10.0 Å². The minimum atomic E-state index is -3.82. The highest BCUT2D eigenvalue weighted by Gasteiger charge is 2.35. The summed E-state index contributed by atoms with van der Waals surface area (Å²) in [4.78, 5) is 24.6. The van der Waals surface area contributed by atoms with E-state index in [0.29, 0.717) is 31.6 Å². The third-order valence-corrected chi connectivity index (χ3v) is 7.53. The quantitative estimate of drug-likeness (QED) is 0.450. The fourth-order valence-electron chi connectivity index (χ4n) is 3.69. The number of aryl methyl sites for hydroxylation is 3. The van der Waals surface area contributed by atoms with Crippen LogP contribution in [0.4, 0.5) is 0 Å². The Morgan fingerprint density at radius 3 is 2.55 bits per heavy atom. The Hall–Kier alpha value is -2.75. The summed E-state index contributed by atoms with van der Waals surface area (Å²) in [6, 6.07) is 15.1. The van der Waals surface area contributed by atoms with Crippen LogP contribution in [0.3, 0.4) is 0 Å². The van der Waals surface area contributed by atoms with E-state index >= 15 is 0 Å². The number of carbonyl (C=O) groups excluding carboxylic acids is 2. The average Bonchev–Trinajstić information content (AvgIpc) is 2.82. The normalized spacial score (nSPS) is 16.8. The highest BCUT2D eigenvalue weighted by atomic mass is 32.2. The highest BCUT2D eigenvalue weighted by molar-refractivity contribution is 7.89. The van der Waals surface area contributed by atoms with E-state index in [-0.39, 0.29) is 18.0 Å². The topological polar surface area (TPSA) is 105 Å². The van der Waals surface area contributed by atoms with Crippen molar-refractivity contribution >= 4 is 21.8 Å². The van der Waals surface area contributed by atoms with Gasteiger partial charge in [-0.15, -0.1) is 0 Å². The second kappa shape index (κ2) is 11.4. The molecule has 8 nitrogen and oxygen atoms in total. The van der Waals surface area contributed by atoms with Gasteiger partial charge in [0.05, 0.1) is 18.0 Å². The van der Waals surface area contributed by atoms with Crippen molar-refractivity contribution in [1.29, 1.82) is 0 Å². The van der Waals surface area contributed by atoms with Crippen molar-refractivity contribution < 1.29 is 22.7 Å². The second-order valence-electron chi connectivity index (χ2n) is 8.12. The molecule has 1 aliphatic heterocycles. The molecule has 0 bridgehead atoms. The summed E-state index contributed by atoms with van der Waals surface area (Å²) in [5.41, 5.74) is 2.64. The average molecular weight is 474 g/mol. The maximum Gasteiger partial charge on any atom is 0.309 e. The molecular weight excluding hydrogens is 442 g/mol. The zero-order chi connectivity index (χ0) is 23.8. The number of hydrogen-bond acceptors (Lipinski definition) is 5. The van der Waals surface area contributed by atoms with Crippen molar-refractivity contribution in [2.24, 2.45) is 0 Å². The van der Waals surface area contributed by atoms with E-state index in [1.807, 2.05) is 43.3 Å². The van der Waals surface area contributed by atoms with Crippen molar-refractivity contribution in [3.05, 3.63) is 65.2 Å². The molecule has 1 heterocycles. The Bertz CT molecular complexity index is 1070. The molecule has 3 rings (SSSR count). The molecule has 2 amide bonds. The number of benzene rings is 2. The largest absolute Gasteiger partial charge is 0.360 e. The van der Waals surface area contributed by atoms with Crippen LogP contribution in [0, 0.1) is 13.8 Å². The van der Waals surface area contributed by atoms with Gasteiger partial charge in [0, 0.05) is 13.1 Å². The fraction of sp³-hybridized carbons (Fsp3) is 0.417. The lowest BCUT2D eigenvalue weighted by atomic mass is 10.1. The van der Waals surface area contributed by atoms with Crippen LogP contribution in [0.5, 0.6) is 0 Å². The Labute approximate surface area is 195 Å². The number of nitrogens with one attached hydrogen (secondary N) is 2. The summed E-state index contributed by atoms with van der Waals surface area (Å²) in [6.45, 7) is 4.50. The number of hydrogen-bond donors (Lipinski definition) is 2. The molecule has 2 aromatic rings. The van der Waals surface area contributed by atoms with E-state index < -0.39 is 28.1 Å². The number of sulfonamides is 1. The second-order valence-corrected chi connectivity index (χ2v) is 9.98. The first-order chi connectivity index (χ1) is 15.8. The van der Waals surface area contributed by atoms with E-state index in [1.165, 1.54) is 4.31 Å². The first-order valence-electron chi connectivity index (χ1n) is 11.1. The van der Waals surface area contributed by atoms with E-state index in [0.717, 1.165) is 17.5 Å². The molecular formula is C24H31N3O5S. The Morgan fingerprint density at radius 2 is 1.79 bits per heavy atom. The highest BCUT2D eigenvalue weighted by Crippen LogP contribution is 2.25. The predicted octanol–water partition coefficient (Wildman–Crippen LogP) is 1.91. The summed E-state index contributed by atoms with van der Waals surface area (Å²) >= 11 is 0. The van der Waals surface area contributed by atoms with Gasteiger partial charge in [0.25, 0.3) is 0 Å². The van der Waals surface area contributed by atoms with Gasteiger partial charge in [-0.2, -0.15) is 4.31 Å². The summed E-state index contributed by atoms with van der Waals surface area (Å²) in [5, 5.41) is 5.11. The van der Waals surface area contributed by atoms with Crippen molar-refractivity contribution in [1.82, 2.24) is 14.9 Å². The molecule has 0 radical (unpaired) electrons. The maximum atomic E-state index is 13.3. The first-order valence-corrected chi connectivity index (χ1v) is 12.5. The van der Waals surface area contributed by atoms with Crippen LogP contribution in [0.2, 0.25) is 0 Å². The molecule has 0 saturated carbocycles. The van der Waals surface area contributed by atoms with Gasteiger partial charge in [0.1, 0.15) is 6.23 Å². The molecule has 1 aliphatic rings. The molecule has 0 unspecified atom stereocenters. The van der Waals surface area contributed by atoms with Gasteiger partial charge >= 0.3 is 11.8 Å². The molecule has 9 heteroatoms. The van der Waals surface area contributed by atoms with Crippen molar-refractivity contribution in [2.45, 2.75) is 44.2 Å². The van der Waals surface area contributed by atoms with Crippen molar-refractivity contribution in [3.63, 3.8) is 0 Å². The van der Waals surface area contributed by atoms with Crippen LogP contribution in [0.15, 0.2) is 53.4 Å². The number of carbonyl (C=O) groups is 2. The molecule has 1 saturated heterocycles. The molecule has 1 atom stereocenters. The zero-order valence-corrected chi connectivity index (χ0v) is 19.9. The van der Waals surface area contributed by atoms with E-state index in [4.69, 9.17) is 4.74 Å². The molecule has 33 heavy (non-hydrogen) atoms. The molecule has 0 aliphatic carbocycles. The predicted molar refractivity (Wildman–Crippen MR) is 125 cm³/mol. The first kappa shape index (κ1) is 24.9. The van der Waals surface area contributed by atoms with Gasteiger partial charge in [0.15, 0.2) is 0 Å². The molecule has 2 aromatic carbocycles. The monoisotopic (exact) mass is 473 g/mol. The zero-order valence-electron chi connectivity index (χ0n) is 19.0. The standard InChI is InChI=1S/C24H31N3O5S/c1-18-11-12-19(2)21(16-18)33(30,31)27-14-7-15-32-22(27)17-26-24(29)23(28)25-13-6-10-20-8-4-3-5-9-20/h3-5,8-9,11-12,16,22H,6-7,10,13-15,17H2,1-2H3,(H,25,28)(H,26,29)/t22-/m1/s1. The summed E-state index contributed by atoms with van der Waals surface area (Å²) in [5.74, 6) is -1.56. The summed E-state index contributed by atoms with van der Waals surface area (Å²) in [7, 11) is -3.82. The van der Waals surface area contributed by atoms with E-state index in [2.05, 4.69) is 10.6 Å². The minimum Gasteiger partial charge on any atom is -0.360 e. The molecule has 2 N–H and O–H groups in total. The van der Waals surface area contributed by atoms with Crippen molar-refractivity contribution in [2.75, 3.05) is 26.2 Å². The lowest BCUT2D eigenvalue weighted by Gasteiger charge is -2.35. The van der Waals surface area contributed by atoms with E-state index in [1.54, 1.807) is 19.1 Å². The van der Waals surface area contributed by atoms with Crippen LogP contribution in [-0.2, 0) is 30.8 Å². The third-order valence-electron chi connectivity index (χ3n) is 5.50. The van der Waals surface area contributed by atoms with Crippen LogP contribution >= 0.6 is 0 Å². The molecule has 178 valence electrons. The van der Waals surface area contributed by atoms with Gasteiger partial charge in [-0.3, -0.25) is 9.59 Å². The van der Waals surface area contributed by atoms with Crippen LogP contribution < -0.4 is 10.6 Å². The van der Waals surface area contributed by atoms with Gasteiger partial charge < -0.3 is 15.4 Å². The van der Waals surface area contributed by atoms with Gasteiger partial charge in [-0.05, 0) is 55.9 Å². The number of ether oxygens (including phenoxy) is 1. The minimum absolute atomic E-state index is 0.111. The number of rotatable bonds is 8.